The Hall–Kier alpha value is -0.740. The van der Waals surface area contributed by atoms with Crippen LogP contribution in [0.2, 0.25) is 0 Å². The molecule has 1 saturated heterocycles. The van der Waals surface area contributed by atoms with Crippen LogP contribution in [0.3, 0.4) is 0 Å². The molecule has 2 rings (SSSR count). The first kappa shape index (κ1) is 13.7. The molecule has 0 radical (unpaired) electrons. The first-order valence-electron chi connectivity index (χ1n) is 6.22. The van der Waals surface area contributed by atoms with E-state index in [0.29, 0.717) is 17.3 Å². The van der Waals surface area contributed by atoms with Gasteiger partial charge in [0.2, 0.25) is 0 Å². The molecule has 98 valence electrons. The van der Waals surface area contributed by atoms with Gasteiger partial charge in [0.25, 0.3) is 0 Å². The fourth-order valence-electron chi connectivity index (χ4n) is 2.16. The first-order chi connectivity index (χ1) is 8.65. The topological polar surface area (TPSA) is 26.3 Å². The van der Waals surface area contributed by atoms with Gasteiger partial charge < -0.3 is 4.74 Å². The lowest BCUT2D eigenvalue weighted by atomic mass is 10.0. The highest BCUT2D eigenvalue weighted by Gasteiger charge is 2.16. The number of halogens is 2. The van der Waals surface area contributed by atoms with E-state index in [0.717, 1.165) is 31.4 Å². The third-order valence-corrected chi connectivity index (χ3v) is 3.76. The quantitative estimate of drug-likeness (QED) is 0.829. The minimum absolute atomic E-state index is 0.184. The molecule has 0 saturated carbocycles. The van der Waals surface area contributed by atoms with E-state index in [2.05, 4.69) is 15.9 Å². The van der Waals surface area contributed by atoms with Gasteiger partial charge in [-0.25, -0.2) is 4.39 Å². The van der Waals surface area contributed by atoms with Crippen molar-refractivity contribution in [2.45, 2.75) is 38.2 Å². The molecule has 1 fully saturated rings. The van der Waals surface area contributed by atoms with Crippen LogP contribution in [-0.4, -0.2) is 18.5 Å². The van der Waals surface area contributed by atoms with E-state index in [9.17, 15) is 9.18 Å². The Balaban J connectivity index is 1.80. The van der Waals surface area contributed by atoms with Gasteiger partial charge in [-0.05, 0) is 52.9 Å². The van der Waals surface area contributed by atoms with Gasteiger partial charge in [0.15, 0.2) is 0 Å². The maximum absolute atomic E-state index is 13.0. The highest BCUT2D eigenvalue weighted by atomic mass is 79.9. The summed E-state index contributed by atoms with van der Waals surface area (Å²) in [5.74, 6) is -0.116. The van der Waals surface area contributed by atoms with Crippen molar-refractivity contribution in [3.8, 4) is 0 Å². The molecule has 2 nitrogen and oxygen atoms in total. The number of hydrogen-bond donors (Lipinski definition) is 0. The number of hydrogen-bond acceptors (Lipinski definition) is 2. The van der Waals surface area contributed by atoms with Gasteiger partial charge in [0.05, 0.1) is 10.6 Å². The maximum Gasteiger partial charge on any atom is 0.137 e. The lowest BCUT2D eigenvalue weighted by Gasteiger charge is -2.08. The minimum atomic E-state index is -0.300. The molecule has 0 aromatic heterocycles. The lowest BCUT2D eigenvalue weighted by Crippen LogP contribution is -2.10. The van der Waals surface area contributed by atoms with Crippen LogP contribution in [-0.2, 0) is 16.0 Å². The third-order valence-electron chi connectivity index (χ3n) is 3.15. The van der Waals surface area contributed by atoms with E-state index in [1.54, 1.807) is 12.1 Å². The first-order valence-corrected chi connectivity index (χ1v) is 7.01. The Bertz CT molecular complexity index is 428. The molecule has 1 aromatic carbocycles. The summed E-state index contributed by atoms with van der Waals surface area (Å²) in [4.78, 5) is 11.8. The van der Waals surface area contributed by atoms with Crippen molar-refractivity contribution in [2.24, 2.45) is 0 Å². The molecule has 4 heteroatoms. The molecule has 0 spiro atoms. The molecule has 1 atom stereocenters. The normalized spacial score (nSPS) is 19.1. The van der Waals surface area contributed by atoms with Crippen LogP contribution in [0.15, 0.2) is 22.7 Å². The number of carbonyl (C=O) groups excluding carboxylic acids is 1. The van der Waals surface area contributed by atoms with E-state index in [1.807, 2.05) is 0 Å². The molecule has 1 unspecified atom stereocenters. The monoisotopic (exact) mass is 314 g/mol. The summed E-state index contributed by atoms with van der Waals surface area (Å²) in [6.07, 6.45) is 4.14. The smallest absolute Gasteiger partial charge is 0.137 e. The van der Waals surface area contributed by atoms with Gasteiger partial charge in [-0.3, -0.25) is 4.79 Å². The SMILES string of the molecule is O=C(CCC1CCCO1)Cc1ccc(F)c(Br)c1. The third kappa shape index (κ3) is 3.89. The average molecular weight is 315 g/mol. The molecule has 0 amide bonds. The molecule has 0 aliphatic carbocycles. The molecule has 18 heavy (non-hydrogen) atoms. The van der Waals surface area contributed by atoms with Crippen LogP contribution >= 0.6 is 15.9 Å². The predicted octanol–water partition coefficient (Wildman–Crippen LogP) is 3.66. The van der Waals surface area contributed by atoms with Crippen LogP contribution in [0.4, 0.5) is 4.39 Å². The summed E-state index contributed by atoms with van der Waals surface area (Å²) < 4.78 is 18.9. The standard InChI is InChI=1S/C14H16BrFO2/c15-13-9-10(3-6-14(13)16)8-11(17)4-5-12-2-1-7-18-12/h3,6,9,12H,1-2,4-5,7-8H2. The zero-order valence-electron chi connectivity index (χ0n) is 10.1. The number of rotatable bonds is 5. The molecule has 0 bridgehead atoms. The van der Waals surface area contributed by atoms with Crippen LogP contribution in [0.1, 0.15) is 31.2 Å². The lowest BCUT2D eigenvalue weighted by molar-refractivity contribution is -0.119. The van der Waals surface area contributed by atoms with Crippen molar-refractivity contribution < 1.29 is 13.9 Å². The van der Waals surface area contributed by atoms with Gasteiger partial charge >= 0.3 is 0 Å². The molecule has 0 N–H and O–H groups in total. The Kier molecular flexibility index (Phi) is 4.89. The minimum Gasteiger partial charge on any atom is -0.378 e. The zero-order valence-corrected chi connectivity index (χ0v) is 11.7. The van der Waals surface area contributed by atoms with Gasteiger partial charge in [0.1, 0.15) is 11.6 Å². The van der Waals surface area contributed by atoms with E-state index < -0.39 is 0 Å². The Morgan fingerprint density at radius 2 is 2.33 bits per heavy atom. The average Bonchev–Trinajstić information content (AvgIpc) is 2.84. The van der Waals surface area contributed by atoms with Crippen LogP contribution < -0.4 is 0 Å². The van der Waals surface area contributed by atoms with Crippen molar-refractivity contribution in [3.05, 3.63) is 34.1 Å². The highest BCUT2D eigenvalue weighted by molar-refractivity contribution is 9.10. The molecule has 1 heterocycles. The summed E-state index contributed by atoms with van der Waals surface area (Å²) in [7, 11) is 0. The Labute approximate surface area is 115 Å². The number of ketones is 1. The number of carbonyl (C=O) groups is 1. The van der Waals surface area contributed by atoms with E-state index >= 15 is 0 Å². The summed E-state index contributed by atoms with van der Waals surface area (Å²) >= 11 is 3.12. The second kappa shape index (κ2) is 6.43. The Morgan fingerprint density at radius 1 is 1.50 bits per heavy atom. The van der Waals surface area contributed by atoms with Crippen molar-refractivity contribution in [2.75, 3.05) is 6.61 Å². The van der Waals surface area contributed by atoms with Crippen molar-refractivity contribution in [1.82, 2.24) is 0 Å². The Morgan fingerprint density at radius 3 is 3.00 bits per heavy atom. The fourth-order valence-corrected chi connectivity index (χ4v) is 2.59. The fraction of sp³-hybridized carbons (Fsp3) is 0.500. The van der Waals surface area contributed by atoms with E-state index in [1.165, 1.54) is 6.07 Å². The van der Waals surface area contributed by atoms with Gasteiger partial charge in [0, 0.05) is 19.4 Å². The predicted molar refractivity (Wildman–Crippen MR) is 71.0 cm³/mol. The molecule has 1 aromatic rings. The number of Topliss-reactive ketones (excluding diaryl/α,β-unsaturated/α-hetero) is 1. The van der Waals surface area contributed by atoms with Gasteiger partial charge in [-0.15, -0.1) is 0 Å². The molecule has 1 aliphatic rings. The number of ether oxygens (including phenoxy) is 1. The highest BCUT2D eigenvalue weighted by Crippen LogP contribution is 2.19. The van der Waals surface area contributed by atoms with E-state index in [4.69, 9.17) is 4.74 Å². The van der Waals surface area contributed by atoms with Crippen molar-refractivity contribution in [1.29, 1.82) is 0 Å². The maximum atomic E-state index is 13.0. The van der Waals surface area contributed by atoms with Crippen molar-refractivity contribution in [3.63, 3.8) is 0 Å². The summed E-state index contributed by atoms with van der Waals surface area (Å²) in [6, 6.07) is 4.70. The molecular formula is C14H16BrFO2. The summed E-state index contributed by atoms with van der Waals surface area (Å²) in [6.45, 7) is 0.823. The van der Waals surface area contributed by atoms with Gasteiger partial charge in [-0.1, -0.05) is 6.07 Å². The second-order valence-corrected chi connectivity index (χ2v) is 5.49. The van der Waals surface area contributed by atoms with Crippen molar-refractivity contribution >= 4 is 21.7 Å². The molecular weight excluding hydrogens is 299 g/mol. The zero-order chi connectivity index (χ0) is 13.0. The van der Waals surface area contributed by atoms with Crippen LogP contribution in [0.5, 0.6) is 0 Å². The second-order valence-electron chi connectivity index (χ2n) is 4.64. The summed E-state index contributed by atoms with van der Waals surface area (Å²) in [5, 5.41) is 0. The largest absolute Gasteiger partial charge is 0.378 e. The van der Waals surface area contributed by atoms with Crippen LogP contribution in [0, 0.1) is 5.82 Å². The number of benzene rings is 1. The summed E-state index contributed by atoms with van der Waals surface area (Å²) in [5.41, 5.74) is 0.848. The van der Waals surface area contributed by atoms with Crippen LogP contribution in [0.25, 0.3) is 0 Å². The molecule has 1 aliphatic heterocycles. The van der Waals surface area contributed by atoms with E-state index in [-0.39, 0.29) is 17.7 Å². The van der Waals surface area contributed by atoms with Gasteiger partial charge in [-0.2, -0.15) is 0 Å².